The Morgan fingerprint density at radius 3 is 2.36 bits per heavy atom. The third kappa shape index (κ3) is 2.01. The minimum absolute atomic E-state index is 0.341. The summed E-state index contributed by atoms with van der Waals surface area (Å²) < 4.78 is 1.12. The number of hydrogen-bond donors (Lipinski definition) is 1. The molecule has 14 heavy (non-hydrogen) atoms. The van der Waals surface area contributed by atoms with Crippen LogP contribution >= 0.6 is 15.9 Å². The number of halogens is 1. The van der Waals surface area contributed by atoms with Gasteiger partial charge in [0.1, 0.15) is 0 Å². The highest BCUT2D eigenvalue weighted by Crippen LogP contribution is 2.31. The quantitative estimate of drug-likeness (QED) is 0.853. The average molecular weight is 257 g/mol. The predicted octanol–water partition coefficient (Wildman–Crippen LogP) is 3.82. The van der Waals surface area contributed by atoms with Crippen LogP contribution in [0.1, 0.15) is 41.7 Å². The SMILES string of the molecule is CC[C@@H](O)c1c(C)cc(C)c(Br)c1C. The number of benzene rings is 1. The van der Waals surface area contributed by atoms with E-state index in [0.29, 0.717) is 0 Å². The molecule has 1 nitrogen and oxygen atoms in total. The zero-order valence-electron chi connectivity index (χ0n) is 9.19. The molecule has 0 fully saturated rings. The van der Waals surface area contributed by atoms with Gasteiger partial charge in [0.15, 0.2) is 0 Å². The van der Waals surface area contributed by atoms with Gasteiger partial charge in [-0.3, -0.25) is 0 Å². The Kier molecular flexibility index (Phi) is 3.73. The van der Waals surface area contributed by atoms with Gasteiger partial charge in [-0.1, -0.05) is 28.9 Å². The molecule has 1 N–H and O–H groups in total. The Morgan fingerprint density at radius 1 is 1.29 bits per heavy atom. The van der Waals surface area contributed by atoms with Crippen molar-refractivity contribution in [1.82, 2.24) is 0 Å². The van der Waals surface area contributed by atoms with Crippen LogP contribution in [-0.2, 0) is 0 Å². The zero-order valence-corrected chi connectivity index (χ0v) is 10.8. The average Bonchev–Trinajstić information content (AvgIpc) is 2.14. The van der Waals surface area contributed by atoms with E-state index < -0.39 is 0 Å². The smallest absolute Gasteiger partial charge is 0.0792 e. The first kappa shape index (κ1) is 11.7. The van der Waals surface area contributed by atoms with Gasteiger partial charge in [0.05, 0.1) is 6.10 Å². The molecule has 0 aliphatic heterocycles. The second-order valence-electron chi connectivity index (χ2n) is 3.79. The monoisotopic (exact) mass is 256 g/mol. The number of aliphatic hydroxyl groups is 1. The molecule has 0 saturated carbocycles. The van der Waals surface area contributed by atoms with Gasteiger partial charge in [-0.15, -0.1) is 0 Å². The van der Waals surface area contributed by atoms with E-state index in [0.717, 1.165) is 22.0 Å². The lowest BCUT2D eigenvalue weighted by Gasteiger charge is -2.17. The Bertz CT molecular complexity index is 345. The molecule has 0 aliphatic rings. The first-order valence-corrected chi connectivity index (χ1v) is 5.72. The highest BCUT2D eigenvalue weighted by Gasteiger charge is 2.14. The Hall–Kier alpha value is -0.340. The molecule has 0 amide bonds. The van der Waals surface area contributed by atoms with Crippen LogP contribution in [0, 0.1) is 20.8 Å². The molecule has 0 aromatic heterocycles. The molecule has 0 heterocycles. The molecule has 78 valence electrons. The van der Waals surface area contributed by atoms with Gasteiger partial charge < -0.3 is 5.11 Å². The summed E-state index contributed by atoms with van der Waals surface area (Å²) in [4.78, 5) is 0. The van der Waals surface area contributed by atoms with Crippen LogP contribution in [0.5, 0.6) is 0 Å². The Balaban J connectivity index is 3.36. The molecule has 0 spiro atoms. The van der Waals surface area contributed by atoms with E-state index in [2.05, 4.69) is 42.8 Å². The minimum Gasteiger partial charge on any atom is -0.388 e. The summed E-state index contributed by atoms with van der Waals surface area (Å²) in [6.45, 7) is 8.18. The van der Waals surface area contributed by atoms with Crippen molar-refractivity contribution in [3.05, 3.63) is 32.8 Å². The molecular weight excluding hydrogens is 240 g/mol. The molecule has 0 bridgehead atoms. The maximum Gasteiger partial charge on any atom is 0.0792 e. The number of aryl methyl sites for hydroxylation is 2. The third-order valence-corrected chi connectivity index (χ3v) is 3.88. The van der Waals surface area contributed by atoms with Crippen LogP contribution < -0.4 is 0 Å². The van der Waals surface area contributed by atoms with E-state index in [1.165, 1.54) is 11.1 Å². The summed E-state index contributed by atoms with van der Waals surface area (Å²) in [5, 5.41) is 9.89. The van der Waals surface area contributed by atoms with Crippen molar-refractivity contribution >= 4 is 15.9 Å². The van der Waals surface area contributed by atoms with Crippen molar-refractivity contribution in [2.45, 2.75) is 40.2 Å². The zero-order chi connectivity index (χ0) is 10.9. The van der Waals surface area contributed by atoms with Gasteiger partial charge in [-0.05, 0) is 49.4 Å². The molecule has 0 unspecified atom stereocenters. The van der Waals surface area contributed by atoms with E-state index in [1.54, 1.807) is 0 Å². The molecule has 1 atom stereocenters. The topological polar surface area (TPSA) is 20.2 Å². The summed E-state index contributed by atoms with van der Waals surface area (Å²) >= 11 is 3.55. The van der Waals surface area contributed by atoms with Crippen LogP contribution in [0.2, 0.25) is 0 Å². The first-order chi connectivity index (χ1) is 6.49. The second-order valence-corrected chi connectivity index (χ2v) is 4.58. The molecular formula is C12H17BrO. The minimum atomic E-state index is -0.341. The van der Waals surface area contributed by atoms with Crippen LogP contribution in [-0.4, -0.2) is 5.11 Å². The van der Waals surface area contributed by atoms with Gasteiger partial charge >= 0.3 is 0 Å². The van der Waals surface area contributed by atoms with E-state index >= 15 is 0 Å². The van der Waals surface area contributed by atoms with Crippen molar-refractivity contribution in [1.29, 1.82) is 0 Å². The van der Waals surface area contributed by atoms with Crippen LogP contribution in [0.15, 0.2) is 10.5 Å². The standard InChI is InChI=1S/C12H17BrO/c1-5-10(14)11-7(2)6-8(3)12(13)9(11)4/h6,10,14H,5H2,1-4H3/t10-/m1/s1. The van der Waals surface area contributed by atoms with Crippen LogP contribution in [0.25, 0.3) is 0 Å². The van der Waals surface area contributed by atoms with Crippen molar-refractivity contribution in [2.24, 2.45) is 0 Å². The van der Waals surface area contributed by atoms with Gasteiger partial charge in [-0.2, -0.15) is 0 Å². The lowest BCUT2D eigenvalue weighted by Crippen LogP contribution is -2.03. The highest BCUT2D eigenvalue weighted by molar-refractivity contribution is 9.10. The Morgan fingerprint density at radius 2 is 1.86 bits per heavy atom. The second kappa shape index (κ2) is 4.45. The van der Waals surface area contributed by atoms with E-state index in [4.69, 9.17) is 0 Å². The van der Waals surface area contributed by atoms with Crippen LogP contribution in [0.3, 0.4) is 0 Å². The summed E-state index contributed by atoms with van der Waals surface area (Å²) in [5.41, 5.74) is 4.64. The van der Waals surface area contributed by atoms with Gasteiger partial charge in [0.25, 0.3) is 0 Å². The fourth-order valence-electron chi connectivity index (χ4n) is 1.89. The molecule has 0 radical (unpaired) electrons. The van der Waals surface area contributed by atoms with E-state index in [9.17, 15) is 5.11 Å². The highest BCUT2D eigenvalue weighted by atomic mass is 79.9. The lowest BCUT2D eigenvalue weighted by atomic mass is 9.94. The molecule has 2 heteroatoms. The summed E-state index contributed by atoms with van der Waals surface area (Å²) in [7, 11) is 0. The number of aliphatic hydroxyl groups excluding tert-OH is 1. The maximum atomic E-state index is 9.89. The fraction of sp³-hybridized carbons (Fsp3) is 0.500. The maximum absolute atomic E-state index is 9.89. The molecule has 1 aromatic rings. The predicted molar refractivity (Wildman–Crippen MR) is 63.6 cm³/mol. The van der Waals surface area contributed by atoms with Gasteiger partial charge in [-0.25, -0.2) is 0 Å². The summed E-state index contributed by atoms with van der Waals surface area (Å²) in [5.74, 6) is 0. The van der Waals surface area contributed by atoms with E-state index in [-0.39, 0.29) is 6.10 Å². The molecule has 0 saturated heterocycles. The number of rotatable bonds is 2. The van der Waals surface area contributed by atoms with Crippen molar-refractivity contribution in [2.75, 3.05) is 0 Å². The molecule has 1 rings (SSSR count). The first-order valence-electron chi connectivity index (χ1n) is 4.93. The summed E-state index contributed by atoms with van der Waals surface area (Å²) in [6.07, 6.45) is 0.420. The Labute approximate surface area is 94.3 Å². The lowest BCUT2D eigenvalue weighted by molar-refractivity contribution is 0.172. The van der Waals surface area contributed by atoms with Crippen LogP contribution in [0.4, 0.5) is 0 Å². The van der Waals surface area contributed by atoms with Gasteiger partial charge in [0.2, 0.25) is 0 Å². The molecule has 0 aliphatic carbocycles. The fourth-order valence-corrected chi connectivity index (χ4v) is 2.22. The van der Waals surface area contributed by atoms with Crippen molar-refractivity contribution in [3.63, 3.8) is 0 Å². The normalized spacial score (nSPS) is 13.0. The number of hydrogen-bond acceptors (Lipinski definition) is 1. The molecule has 1 aromatic carbocycles. The van der Waals surface area contributed by atoms with Gasteiger partial charge in [0, 0.05) is 4.47 Å². The van der Waals surface area contributed by atoms with Crippen molar-refractivity contribution in [3.8, 4) is 0 Å². The summed E-state index contributed by atoms with van der Waals surface area (Å²) in [6, 6.07) is 2.12. The van der Waals surface area contributed by atoms with Crippen molar-refractivity contribution < 1.29 is 5.11 Å². The van der Waals surface area contributed by atoms with E-state index in [1.807, 2.05) is 6.92 Å². The largest absolute Gasteiger partial charge is 0.388 e. The third-order valence-electron chi connectivity index (χ3n) is 2.66.